The summed E-state index contributed by atoms with van der Waals surface area (Å²) < 4.78 is 41.1. The van der Waals surface area contributed by atoms with E-state index in [1.807, 2.05) is 0 Å². The van der Waals surface area contributed by atoms with Gasteiger partial charge in [-0.2, -0.15) is 0 Å². The summed E-state index contributed by atoms with van der Waals surface area (Å²) in [6.07, 6.45) is 1.52. The number of hydrogen-bond acceptors (Lipinski definition) is 8. The fourth-order valence-corrected chi connectivity index (χ4v) is 6.19. The number of nitro benzene ring substituents is 1. The van der Waals surface area contributed by atoms with Gasteiger partial charge in [0.1, 0.15) is 12.4 Å². The molecule has 0 aromatic heterocycles. The average molecular weight is 447 g/mol. The second kappa shape index (κ2) is 8.27. The lowest BCUT2D eigenvalue weighted by molar-refractivity contribution is -0.385. The lowest BCUT2D eigenvalue weighted by Crippen LogP contribution is -2.45. The zero-order chi connectivity index (χ0) is 22.1. The lowest BCUT2D eigenvalue weighted by atomic mass is 10.1. The summed E-state index contributed by atoms with van der Waals surface area (Å²) in [4.78, 5) is 23.9. The molecular formula is C21H21NO8S. The Balaban J connectivity index is 1.63. The van der Waals surface area contributed by atoms with Crippen LogP contribution < -0.4 is 4.74 Å². The van der Waals surface area contributed by atoms with Crippen LogP contribution in [0.15, 0.2) is 47.4 Å². The first-order valence-electron chi connectivity index (χ1n) is 9.83. The lowest BCUT2D eigenvalue weighted by Gasteiger charge is -2.27. The molecule has 0 atom stereocenters. The molecule has 0 radical (unpaired) electrons. The maximum atomic E-state index is 13.4. The van der Waals surface area contributed by atoms with Crippen molar-refractivity contribution in [3.63, 3.8) is 0 Å². The summed E-state index contributed by atoms with van der Waals surface area (Å²) in [6.45, 7) is -0.239. The topological polar surface area (TPSA) is 122 Å². The van der Waals surface area contributed by atoms with Crippen LogP contribution in [0.1, 0.15) is 36.8 Å². The highest BCUT2D eigenvalue weighted by Crippen LogP contribution is 2.42. The molecule has 0 bridgehead atoms. The molecule has 0 spiro atoms. The average Bonchev–Trinajstić information content (AvgIpc) is 3.29. The molecular weight excluding hydrogens is 426 g/mol. The van der Waals surface area contributed by atoms with Gasteiger partial charge in [-0.15, -0.1) is 0 Å². The molecule has 1 aliphatic carbocycles. The standard InChI is InChI=1S/C21H21NO8S/c23-20(21(8-4-5-9-21)31(26,27)18-6-2-1-3-7-18)29-13-16-11-17(22(24)25)10-15-12-28-14-30-19(15)16/h1-3,6-7,10-11H,4-5,8-9,12-14H2. The van der Waals surface area contributed by atoms with Crippen molar-refractivity contribution >= 4 is 21.5 Å². The number of sulfone groups is 1. The van der Waals surface area contributed by atoms with Gasteiger partial charge in [-0.25, -0.2) is 8.42 Å². The third-order valence-corrected chi connectivity index (χ3v) is 8.19. The van der Waals surface area contributed by atoms with Crippen LogP contribution in [0.4, 0.5) is 5.69 Å². The zero-order valence-electron chi connectivity index (χ0n) is 16.6. The minimum Gasteiger partial charge on any atom is -0.467 e. The Hall–Kier alpha value is -2.98. The molecule has 2 aromatic rings. The first kappa shape index (κ1) is 21.3. The van der Waals surface area contributed by atoms with Crippen molar-refractivity contribution in [1.29, 1.82) is 0 Å². The first-order valence-corrected chi connectivity index (χ1v) is 11.3. The van der Waals surface area contributed by atoms with Crippen LogP contribution >= 0.6 is 0 Å². The molecule has 164 valence electrons. The number of fused-ring (bicyclic) bond motifs is 1. The van der Waals surface area contributed by atoms with Crippen molar-refractivity contribution in [3.05, 3.63) is 63.7 Å². The highest BCUT2D eigenvalue weighted by molar-refractivity contribution is 7.93. The number of rotatable bonds is 6. The number of carbonyl (C=O) groups excluding carboxylic acids is 1. The van der Waals surface area contributed by atoms with Crippen molar-refractivity contribution in [2.24, 2.45) is 0 Å². The molecule has 0 N–H and O–H groups in total. The van der Waals surface area contributed by atoms with E-state index in [1.54, 1.807) is 18.2 Å². The number of ether oxygens (including phenoxy) is 3. The number of hydrogen-bond donors (Lipinski definition) is 0. The molecule has 9 nitrogen and oxygen atoms in total. The van der Waals surface area contributed by atoms with Crippen molar-refractivity contribution in [3.8, 4) is 5.75 Å². The molecule has 0 amide bonds. The highest BCUT2D eigenvalue weighted by atomic mass is 32.2. The van der Waals surface area contributed by atoms with Gasteiger partial charge in [0.15, 0.2) is 21.4 Å². The molecule has 2 aromatic carbocycles. The highest BCUT2D eigenvalue weighted by Gasteiger charge is 2.54. The van der Waals surface area contributed by atoms with Gasteiger partial charge in [0.05, 0.1) is 16.4 Å². The Bertz CT molecular complexity index is 1110. The Morgan fingerprint density at radius 1 is 1.16 bits per heavy atom. The zero-order valence-corrected chi connectivity index (χ0v) is 17.4. The molecule has 10 heteroatoms. The van der Waals surface area contributed by atoms with Gasteiger partial charge in [-0.3, -0.25) is 14.9 Å². The third-order valence-electron chi connectivity index (χ3n) is 5.69. The fourth-order valence-electron chi connectivity index (χ4n) is 4.12. The van der Waals surface area contributed by atoms with Crippen LogP contribution in [0.25, 0.3) is 0 Å². The monoisotopic (exact) mass is 447 g/mol. The quantitative estimate of drug-likeness (QED) is 0.376. The largest absolute Gasteiger partial charge is 0.467 e. The van der Waals surface area contributed by atoms with Gasteiger partial charge in [0, 0.05) is 23.3 Å². The number of carbonyl (C=O) groups is 1. The van der Waals surface area contributed by atoms with Crippen LogP contribution in [-0.4, -0.2) is 30.9 Å². The smallest absolute Gasteiger partial charge is 0.328 e. The van der Waals surface area contributed by atoms with Crippen LogP contribution in [-0.2, 0) is 37.3 Å². The van der Waals surface area contributed by atoms with E-state index in [0.717, 1.165) is 0 Å². The van der Waals surface area contributed by atoms with Crippen LogP contribution in [0.3, 0.4) is 0 Å². The van der Waals surface area contributed by atoms with Crippen LogP contribution in [0.5, 0.6) is 5.75 Å². The van der Waals surface area contributed by atoms with Crippen molar-refractivity contribution < 1.29 is 32.3 Å². The summed E-state index contributed by atoms with van der Waals surface area (Å²) in [5, 5.41) is 11.3. The summed E-state index contributed by atoms with van der Waals surface area (Å²) >= 11 is 0. The number of esters is 1. The van der Waals surface area contributed by atoms with E-state index in [-0.39, 0.29) is 43.4 Å². The number of non-ortho nitro benzene ring substituents is 1. The summed E-state index contributed by atoms with van der Waals surface area (Å²) in [5.74, 6) is -0.489. The molecule has 1 saturated carbocycles. The minimum atomic E-state index is -3.98. The summed E-state index contributed by atoms with van der Waals surface area (Å²) in [7, 11) is -3.98. The van der Waals surface area contributed by atoms with E-state index < -0.39 is 25.5 Å². The van der Waals surface area contributed by atoms with Crippen molar-refractivity contribution in [1.82, 2.24) is 0 Å². The van der Waals surface area contributed by atoms with E-state index in [1.165, 1.54) is 24.3 Å². The van der Waals surface area contributed by atoms with E-state index in [9.17, 15) is 23.3 Å². The van der Waals surface area contributed by atoms with E-state index >= 15 is 0 Å². The van der Waals surface area contributed by atoms with Crippen LogP contribution in [0.2, 0.25) is 0 Å². The normalized spacial score (nSPS) is 17.4. The Morgan fingerprint density at radius 3 is 2.55 bits per heavy atom. The van der Waals surface area contributed by atoms with Gasteiger partial charge in [0.25, 0.3) is 5.69 Å². The maximum absolute atomic E-state index is 13.4. The second-order valence-electron chi connectivity index (χ2n) is 7.55. The Kier molecular flexibility index (Phi) is 5.67. The molecule has 2 aliphatic rings. The molecule has 0 saturated heterocycles. The number of nitrogens with zero attached hydrogens (tertiary/aromatic N) is 1. The second-order valence-corrected chi connectivity index (χ2v) is 9.81. The predicted molar refractivity (Wildman–Crippen MR) is 108 cm³/mol. The Labute approximate surface area is 179 Å². The summed E-state index contributed by atoms with van der Waals surface area (Å²) in [6, 6.07) is 10.5. The fraction of sp³-hybridized carbons (Fsp3) is 0.381. The molecule has 0 unspecified atom stereocenters. The van der Waals surface area contributed by atoms with Crippen LogP contribution in [0, 0.1) is 10.1 Å². The van der Waals surface area contributed by atoms with E-state index in [2.05, 4.69) is 0 Å². The molecule has 31 heavy (non-hydrogen) atoms. The molecule has 1 fully saturated rings. The van der Waals surface area contributed by atoms with Crippen molar-refractivity contribution in [2.45, 2.75) is 48.5 Å². The minimum absolute atomic E-state index is 0.0297. The molecule has 4 rings (SSSR count). The van der Waals surface area contributed by atoms with Gasteiger partial charge in [-0.05, 0) is 25.0 Å². The van der Waals surface area contributed by atoms with E-state index in [4.69, 9.17) is 14.2 Å². The maximum Gasteiger partial charge on any atom is 0.328 e. The third kappa shape index (κ3) is 3.77. The predicted octanol–water partition coefficient (Wildman–Crippen LogP) is 3.29. The first-order chi connectivity index (χ1) is 14.8. The molecule has 1 heterocycles. The van der Waals surface area contributed by atoms with Gasteiger partial charge in [-0.1, -0.05) is 31.0 Å². The van der Waals surface area contributed by atoms with E-state index in [0.29, 0.717) is 29.7 Å². The van der Waals surface area contributed by atoms with Gasteiger partial charge >= 0.3 is 5.97 Å². The van der Waals surface area contributed by atoms with Gasteiger partial charge in [0.2, 0.25) is 0 Å². The Morgan fingerprint density at radius 2 is 1.87 bits per heavy atom. The molecule has 1 aliphatic heterocycles. The van der Waals surface area contributed by atoms with Gasteiger partial charge < -0.3 is 14.2 Å². The number of nitro groups is 1. The summed E-state index contributed by atoms with van der Waals surface area (Å²) in [5.41, 5.74) is 0.580. The van der Waals surface area contributed by atoms with Crippen molar-refractivity contribution in [2.75, 3.05) is 6.79 Å². The SMILES string of the molecule is O=C(OCc1cc([N+](=O)[O-])cc2c1OCOC2)C1(S(=O)(=O)c2ccccc2)CCCC1. The number of benzene rings is 2.